The predicted molar refractivity (Wildman–Crippen MR) is 84.4 cm³/mol. The Labute approximate surface area is 126 Å². The molecule has 1 atom stereocenters. The first-order chi connectivity index (χ1) is 9.86. The molecule has 3 heteroatoms. The molecule has 21 heavy (non-hydrogen) atoms. The van der Waals surface area contributed by atoms with Crippen LogP contribution in [-0.2, 0) is 6.54 Å². The smallest absolute Gasteiger partial charge is 0.123 e. The molecule has 2 nitrogen and oxygen atoms in total. The number of hydrogen-bond donors (Lipinski definition) is 1. The number of pyridine rings is 1. The van der Waals surface area contributed by atoms with E-state index >= 15 is 0 Å². The fourth-order valence-corrected chi connectivity index (χ4v) is 2.40. The number of rotatable bonds is 4. The highest BCUT2D eigenvalue weighted by Gasteiger charge is 2.25. The van der Waals surface area contributed by atoms with Crippen molar-refractivity contribution in [2.24, 2.45) is 5.41 Å². The number of benzene rings is 1. The van der Waals surface area contributed by atoms with E-state index in [0.29, 0.717) is 0 Å². The van der Waals surface area contributed by atoms with Crippen LogP contribution in [-0.4, -0.2) is 4.98 Å². The van der Waals surface area contributed by atoms with E-state index in [2.05, 4.69) is 37.1 Å². The average molecular weight is 286 g/mol. The Kier molecular flexibility index (Phi) is 4.73. The van der Waals surface area contributed by atoms with Crippen molar-refractivity contribution in [1.82, 2.24) is 10.3 Å². The molecule has 1 aromatic carbocycles. The van der Waals surface area contributed by atoms with E-state index in [0.717, 1.165) is 23.4 Å². The molecular weight excluding hydrogens is 263 g/mol. The van der Waals surface area contributed by atoms with E-state index in [9.17, 15) is 4.39 Å². The van der Waals surface area contributed by atoms with Crippen molar-refractivity contribution in [3.8, 4) is 0 Å². The fourth-order valence-electron chi connectivity index (χ4n) is 2.40. The summed E-state index contributed by atoms with van der Waals surface area (Å²) in [7, 11) is 0. The van der Waals surface area contributed by atoms with Gasteiger partial charge < -0.3 is 5.32 Å². The van der Waals surface area contributed by atoms with Gasteiger partial charge in [0.05, 0.1) is 0 Å². The highest BCUT2D eigenvalue weighted by Crippen LogP contribution is 2.33. The van der Waals surface area contributed by atoms with Gasteiger partial charge in [-0.3, -0.25) is 4.98 Å². The van der Waals surface area contributed by atoms with E-state index in [1.54, 1.807) is 0 Å². The summed E-state index contributed by atoms with van der Waals surface area (Å²) in [5.74, 6) is -0.200. The molecule has 1 heterocycles. The second-order valence-electron chi connectivity index (χ2n) is 6.54. The predicted octanol–water partition coefficient (Wildman–Crippen LogP) is 4.41. The van der Waals surface area contributed by atoms with Crippen molar-refractivity contribution in [2.75, 3.05) is 0 Å². The molecule has 0 saturated heterocycles. The van der Waals surface area contributed by atoms with Gasteiger partial charge in [0.25, 0.3) is 0 Å². The van der Waals surface area contributed by atoms with E-state index in [-0.39, 0.29) is 17.3 Å². The standard InChI is InChI=1S/C18H23FN2/c1-13-5-6-14(11-20-13)12-21-17(18(2,3)4)15-7-9-16(19)10-8-15/h5-11,17,21H,12H2,1-4H3. The van der Waals surface area contributed by atoms with Gasteiger partial charge in [0.2, 0.25) is 0 Å². The van der Waals surface area contributed by atoms with Gasteiger partial charge in [0.1, 0.15) is 5.82 Å². The van der Waals surface area contributed by atoms with Crippen LogP contribution in [0.25, 0.3) is 0 Å². The second-order valence-corrected chi connectivity index (χ2v) is 6.54. The molecule has 0 fully saturated rings. The van der Waals surface area contributed by atoms with Crippen LogP contribution in [0.15, 0.2) is 42.6 Å². The summed E-state index contributed by atoms with van der Waals surface area (Å²) < 4.78 is 13.1. The molecular formula is C18H23FN2. The Balaban J connectivity index is 2.14. The summed E-state index contributed by atoms with van der Waals surface area (Å²) in [5, 5.41) is 3.57. The van der Waals surface area contributed by atoms with Crippen molar-refractivity contribution >= 4 is 0 Å². The van der Waals surface area contributed by atoms with Crippen molar-refractivity contribution in [3.05, 3.63) is 65.2 Å². The van der Waals surface area contributed by atoms with E-state index in [1.165, 1.54) is 12.1 Å². The Morgan fingerprint density at radius 2 is 1.76 bits per heavy atom. The van der Waals surface area contributed by atoms with Gasteiger partial charge in [0, 0.05) is 24.5 Å². The number of halogens is 1. The molecule has 0 saturated carbocycles. The number of aryl methyl sites for hydroxylation is 1. The van der Waals surface area contributed by atoms with Gasteiger partial charge in [-0.25, -0.2) is 4.39 Å². The minimum absolute atomic E-state index is 0.0377. The summed E-state index contributed by atoms with van der Waals surface area (Å²) in [4.78, 5) is 4.31. The van der Waals surface area contributed by atoms with Gasteiger partial charge in [-0.15, -0.1) is 0 Å². The van der Waals surface area contributed by atoms with Gasteiger partial charge in [0.15, 0.2) is 0 Å². The molecule has 0 aliphatic rings. The van der Waals surface area contributed by atoms with Crippen LogP contribution >= 0.6 is 0 Å². The molecule has 2 aromatic rings. The zero-order chi connectivity index (χ0) is 15.5. The van der Waals surface area contributed by atoms with Gasteiger partial charge in [-0.1, -0.05) is 39.0 Å². The lowest BCUT2D eigenvalue weighted by Gasteiger charge is -2.32. The third kappa shape index (κ3) is 4.36. The largest absolute Gasteiger partial charge is 0.305 e. The van der Waals surface area contributed by atoms with Crippen molar-refractivity contribution < 1.29 is 4.39 Å². The fraction of sp³-hybridized carbons (Fsp3) is 0.389. The maximum absolute atomic E-state index is 13.1. The summed E-state index contributed by atoms with van der Waals surface area (Å²) in [6, 6.07) is 11.0. The van der Waals surface area contributed by atoms with Crippen LogP contribution in [0.5, 0.6) is 0 Å². The Hall–Kier alpha value is -1.74. The first kappa shape index (κ1) is 15.6. The molecule has 1 N–H and O–H groups in total. The van der Waals surface area contributed by atoms with E-state index in [1.807, 2.05) is 31.3 Å². The second kappa shape index (κ2) is 6.35. The molecule has 2 rings (SSSR count). The zero-order valence-electron chi connectivity index (χ0n) is 13.2. The van der Waals surface area contributed by atoms with Crippen molar-refractivity contribution in [2.45, 2.75) is 40.3 Å². The topological polar surface area (TPSA) is 24.9 Å². The minimum atomic E-state index is -0.200. The number of nitrogens with one attached hydrogen (secondary N) is 1. The lowest BCUT2D eigenvalue weighted by molar-refractivity contribution is 0.271. The average Bonchev–Trinajstić information content (AvgIpc) is 2.42. The lowest BCUT2D eigenvalue weighted by atomic mass is 9.82. The van der Waals surface area contributed by atoms with Gasteiger partial charge in [-0.05, 0) is 41.7 Å². The first-order valence-corrected chi connectivity index (χ1v) is 7.26. The summed E-state index contributed by atoms with van der Waals surface area (Å²) in [6.45, 7) is 9.27. The molecule has 1 aromatic heterocycles. The first-order valence-electron chi connectivity index (χ1n) is 7.26. The third-order valence-corrected chi connectivity index (χ3v) is 3.55. The molecule has 0 aliphatic heterocycles. The number of nitrogens with zero attached hydrogens (tertiary/aromatic N) is 1. The van der Waals surface area contributed by atoms with Crippen molar-refractivity contribution in [1.29, 1.82) is 0 Å². The molecule has 112 valence electrons. The van der Waals surface area contributed by atoms with Crippen LogP contribution in [0.2, 0.25) is 0 Å². The van der Waals surface area contributed by atoms with E-state index in [4.69, 9.17) is 0 Å². The monoisotopic (exact) mass is 286 g/mol. The Morgan fingerprint density at radius 1 is 1.10 bits per heavy atom. The van der Waals surface area contributed by atoms with Crippen LogP contribution < -0.4 is 5.32 Å². The SMILES string of the molecule is Cc1ccc(CNC(c2ccc(F)cc2)C(C)(C)C)cn1. The van der Waals surface area contributed by atoms with E-state index < -0.39 is 0 Å². The molecule has 0 bridgehead atoms. The van der Waals surface area contributed by atoms with Crippen LogP contribution in [0.4, 0.5) is 4.39 Å². The number of hydrogen-bond acceptors (Lipinski definition) is 2. The van der Waals surface area contributed by atoms with Gasteiger partial charge >= 0.3 is 0 Å². The molecule has 0 radical (unpaired) electrons. The quantitative estimate of drug-likeness (QED) is 0.900. The Morgan fingerprint density at radius 3 is 2.29 bits per heavy atom. The maximum Gasteiger partial charge on any atom is 0.123 e. The lowest BCUT2D eigenvalue weighted by Crippen LogP contribution is -2.32. The van der Waals surface area contributed by atoms with Crippen LogP contribution in [0, 0.1) is 18.2 Å². The molecule has 0 spiro atoms. The zero-order valence-corrected chi connectivity index (χ0v) is 13.2. The third-order valence-electron chi connectivity index (χ3n) is 3.55. The Bertz CT molecular complexity index is 568. The summed E-state index contributed by atoms with van der Waals surface area (Å²) in [6.07, 6.45) is 1.90. The van der Waals surface area contributed by atoms with Gasteiger partial charge in [-0.2, -0.15) is 0 Å². The maximum atomic E-state index is 13.1. The molecule has 1 unspecified atom stereocenters. The van der Waals surface area contributed by atoms with Crippen LogP contribution in [0.3, 0.4) is 0 Å². The summed E-state index contributed by atoms with van der Waals surface area (Å²) in [5.41, 5.74) is 3.31. The highest BCUT2D eigenvalue weighted by atomic mass is 19.1. The molecule has 0 amide bonds. The normalized spacial score (nSPS) is 13.2. The van der Waals surface area contributed by atoms with Crippen molar-refractivity contribution in [3.63, 3.8) is 0 Å². The molecule has 0 aliphatic carbocycles. The minimum Gasteiger partial charge on any atom is -0.305 e. The number of aromatic nitrogens is 1. The summed E-state index contributed by atoms with van der Waals surface area (Å²) >= 11 is 0. The highest BCUT2D eigenvalue weighted by molar-refractivity contribution is 5.22. The van der Waals surface area contributed by atoms with Crippen LogP contribution in [0.1, 0.15) is 43.6 Å².